The van der Waals surface area contributed by atoms with Crippen LogP contribution in [0.5, 0.6) is 0 Å². The number of nitrogens with one attached hydrogen (secondary N) is 1. The van der Waals surface area contributed by atoms with Crippen LogP contribution in [0.1, 0.15) is 25.3 Å². The predicted molar refractivity (Wildman–Crippen MR) is 84.5 cm³/mol. The maximum atomic E-state index is 4.66. The first kappa shape index (κ1) is 12.7. The molecule has 0 bridgehead atoms. The molecule has 3 aromatic rings. The molecule has 0 spiro atoms. The van der Waals surface area contributed by atoms with Crippen LogP contribution >= 0.6 is 0 Å². The lowest BCUT2D eigenvalue weighted by molar-refractivity contribution is 0.866. The second kappa shape index (κ2) is 5.00. The number of hydrogen-bond acceptors (Lipinski definition) is 2. The molecule has 0 aliphatic carbocycles. The normalized spacial score (nSPS) is 11.2. The fourth-order valence-electron chi connectivity index (χ4n) is 2.49. The van der Waals surface area contributed by atoms with Gasteiger partial charge in [-0.3, -0.25) is 0 Å². The molecule has 3 rings (SSSR count). The lowest BCUT2D eigenvalue weighted by atomic mass is 10.0. The van der Waals surface area contributed by atoms with Gasteiger partial charge in [0.2, 0.25) is 5.95 Å². The third-order valence-corrected chi connectivity index (χ3v) is 3.62. The van der Waals surface area contributed by atoms with E-state index in [4.69, 9.17) is 0 Å². The highest BCUT2D eigenvalue weighted by Crippen LogP contribution is 2.27. The molecule has 3 heteroatoms. The predicted octanol–water partition coefficient (Wildman–Crippen LogP) is 4.44. The number of para-hydroxylation sites is 3. The number of fused-ring (bicyclic) bond motifs is 1. The summed E-state index contributed by atoms with van der Waals surface area (Å²) < 4.78 is 2.09. The minimum absolute atomic E-state index is 0.480. The molecule has 0 fully saturated rings. The minimum Gasteiger partial charge on any atom is -0.325 e. The molecule has 102 valence electrons. The van der Waals surface area contributed by atoms with Crippen molar-refractivity contribution in [2.45, 2.75) is 19.8 Å². The zero-order chi connectivity index (χ0) is 14.1. The van der Waals surface area contributed by atoms with Crippen molar-refractivity contribution in [2.24, 2.45) is 7.05 Å². The summed E-state index contributed by atoms with van der Waals surface area (Å²) in [6.45, 7) is 4.41. The van der Waals surface area contributed by atoms with Crippen molar-refractivity contribution in [2.75, 3.05) is 5.32 Å². The molecule has 1 aromatic heterocycles. The molecular weight excluding hydrogens is 246 g/mol. The highest BCUT2D eigenvalue weighted by molar-refractivity contribution is 5.79. The summed E-state index contributed by atoms with van der Waals surface area (Å²) in [5.41, 5.74) is 4.58. The number of rotatable bonds is 3. The third-order valence-electron chi connectivity index (χ3n) is 3.62. The van der Waals surface area contributed by atoms with E-state index in [9.17, 15) is 0 Å². The minimum atomic E-state index is 0.480. The topological polar surface area (TPSA) is 29.9 Å². The second-order valence-electron chi connectivity index (χ2n) is 5.35. The number of benzene rings is 2. The van der Waals surface area contributed by atoms with Crippen LogP contribution in [0.25, 0.3) is 11.0 Å². The summed E-state index contributed by atoms with van der Waals surface area (Å²) in [6.07, 6.45) is 0. The van der Waals surface area contributed by atoms with Crippen LogP contribution in [0.15, 0.2) is 48.5 Å². The Kier molecular flexibility index (Phi) is 3.18. The Hall–Kier alpha value is -2.29. The first-order chi connectivity index (χ1) is 9.66. The van der Waals surface area contributed by atoms with E-state index in [1.54, 1.807) is 0 Å². The lowest BCUT2D eigenvalue weighted by Gasteiger charge is -2.14. The van der Waals surface area contributed by atoms with E-state index in [2.05, 4.69) is 59.0 Å². The fraction of sp³-hybridized carbons (Fsp3) is 0.235. The molecule has 1 N–H and O–H groups in total. The first-order valence-corrected chi connectivity index (χ1v) is 6.94. The molecule has 0 unspecified atom stereocenters. The summed E-state index contributed by atoms with van der Waals surface area (Å²) in [6, 6.07) is 16.6. The van der Waals surface area contributed by atoms with Crippen molar-refractivity contribution in [3.8, 4) is 0 Å². The van der Waals surface area contributed by atoms with Crippen LogP contribution < -0.4 is 5.32 Å². The summed E-state index contributed by atoms with van der Waals surface area (Å²) >= 11 is 0. The molecule has 0 saturated heterocycles. The molecule has 1 heterocycles. The van der Waals surface area contributed by atoms with E-state index in [1.807, 2.05) is 25.2 Å². The lowest BCUT2D eigenvalue weighted by Crippen LogP contribution is -2.02. The van der Waals surface area contributed by atoms with Crippen LogP contribution in [0, 0.1) is 0 Å². The number of aryl methyl sites for hydroxylation is 1. The van der Waals surface area contributed by atoms with Gasteiger partial charge in [-0.1, -0.05) is 44.2 Å². The number of imidazole rings is 1. The van der Waals surface area contributed by atoms with Gasteiger partial charge in [-0.25, -0.2) is 4.98 Å². The van der Waals surface area contributed by atoms with Gasteiger partial charge in [0.05, 0.1) is 11.0 Å². The summed E-state index contributed by atoms with van der Waals surface area (Å²) in [5, 5.41) is 3.46. The number of hydrogen-bond donors (Lipinski definition) is 1. The largest absolute Gasteiger partial charge is 0.325 e. The van der Waals surface area contributed by atoms with E-state index >= 15 is 0 Å². The van der Waals surface area contributed by atoms with Crippen molar-refractivity contribution in [1.82, 2.24) is 9.55 Å². The first-order valence-electron chi connectivity index (χ1n) is 6.94. The molecule has 20 heavy (non-hydrogen) atoms. The van der Waals surface area contributed by atoms with Crippen molar-refractivity contribution in [3.05, 3.63) is 54.1 Å². The van der Waals surface area contributed by atoms with E-state index < -0.39 is 0 Å². The van der Waals surface area contributed by atoms with Crippen molar-refractivity contribution in [1.29, 1.82) is 0 Å². The maximum absolute atomic E-state index is 4.66. The molecule has 0 aliphatic rings. The van der Waals surface area contributed by atoms with E-state index in [1.165, 1.54) is 5.56 Å². The molecule has 2 aromatic carbocycles. The smallest absolute Gasteiger partial charge is 0.208 e. The van der Waals surface area contributed by atoms with Crippen LogP contribution in [-0.2, 0) is 7.05 Å². The van der Waals surface area contributed by atoms with Gasteiger partial charge in [0.1, 0.15) is 0 Å². The Balaban J connectivity index is 2.04. The van der Waals surface area contributed by atoms with Crippen molar-refractivity contribution < 1.29 is 0 Å². The van der Waals surface area contributed by atoms with Crippen LogP contribution in [-0.4, -0.2) is 9.55 Å². The average Bonchev–Trinajstić information content (AvgIpc) is 2.76. The van der Waals surface area contributed by atoms with Crippen LogP contribution in [0.3, 0.4) is 0 Å². The van der Waals surface area contributed by atoms with E-state index in [0.29, 0.717) is 5.92 Å². The summed E-state index contributed by atoms with van der Waals surface area (Å²) in [5.74, 6) is 1.35. The fourth-order valence-corrected chi connectivity index (χ4v) is 2.49. The zero-order valence-electron chi connectivity index (χ0n) is 12.1. The molecule has 0 amide bonds. The molecule has 0 saturated carbocycles. The number of anilines is 2. The van der Waals surface area contributed by atoms with Gasteiger partial charge < -0.3 is 9.88 Å². The quantitative estimate of drug-likeness (QED) is 0.758. The Morgan fingerprint density at radius 1 is 1.00 bits per heavy atom. The summed E-state index contributed by atoms with van der Waals surface area (Å²) in [7, 11) is 2.04. The van der Waals surface area contributed by atoms with E-state index in [0.717, 1.165) is 22.7 Å². The standard InChI is InChI=1S/C17H19N3/c1-12(2)13-8-4-5-9-14(13)18-17-19-15-10-6-7-11-16(15)20(17)3/h4-12H,1-3H3,(H,18,19). The van der Waals surface area contributed by atoms with Gasteiger partial charge >= 0.3 is 0 Å². The van der Waals surface area contributed by atoms with Crippen LogP contribution in [0.2, 0.25) is 0 Å². The SMILES string of the molecule is CC(C)c1ccccc1Nc1nc2ccccc2n1C. The zero-order valence-corrected chi connectivity index (χ0v) is 12.1. The van der Waals surface area contributed by atoms with Gasteiger partial charge in [0, 0.05) is 12.7 Å². The Bertz CT molecular complexity index is 741. The van der Waals surface area contributed by atoms with E-state index in [-0.39, 0.29) is 0 Å². The third kappa shape index (κ3) is 2.16. The van der Waals surface area contributed by atoms with Gasteiger partial charge in [0.25, 0.3) is 0 Å². The van der Waals surface area contributed by atoms with Crippen LogP contribution in [0.4, 0.5) is 11.6 Å². The van der Waals surface area contributed by atoms with Gasteiger partial charge in [-0.2, -0.15) is 0 Å². The second-order valence-corrected chi connectivity index (χ2v) is 5.35. The molecule has 3 nitrogen and oxygen atoms in total. The number of aromatic nitrogens is 2. The molecule has 0 atom stereocenters. The molecule has 0 radical (unpaired) electrons. The van der Waals surface area contributed by atoms with Crippen molar-refractivity contribution in [3.63, 3.8) is 0 Å². The Morgan fingerprint density at radius 3 is 2.45 bits per heavy atom. The maximum Gasteiger partial charge on any atom is 0.208 e. The number of nitrogens with zero attached hydrogens (tertiary/aromatic N) is 2. The molecule has 0 aliphatic heterocycles. The highest BCUT2D eigenvalue weighted by Gasteiger charge is 2.10. The highest BCUT2D eigenvalue weighted by atomic mass is 15.2. The summed E-state index contributed by atoms with van der Waals surface area (Å²) in [4.78, 5) is 4.66. The van der Waals surface area contributed by atoms with Gasteiger partial charge in [0.15, 0.2) is 0 Å². The average molecular weight is 265 g/mol. The monoisotopic (exact) mass is 265 g/mol. The Morgan fingerprint density at radius 2 is 1.70 bits per heavy atom. The van der Waals surface area contributed by atoms with Crippen molar-refractivity contribution >= 4 is 22.7 Å². The van der Waals surface area contributed by atoms with Gasteiger partial charge in [-0.05, 0) is 29.7 Å². The Labute approximate surface area is 119 Å². The van der Waals surface area contributed by atoms with Gasteiger partial charge in [-0.15, -0.1) is 0 Å². The molecular formula is C17H19N3.